The summed E-state index contributed by atoms with van der Waals surface area (Å²) in [7, 11) is 0. The Morgan fingerprint density at radius 1 is 1.50 bits per heavy atom. The lowest BCUT2D eigenvalue weighted by Gasteiger charge is -2.30. The van der Waals surface area contributed by atoms with Crippen molar-refractivity contribution >= 4 is 12.2 Å². The van der Waals surface area contributed by atoms with E-state index >= 15 is 0 Å². The summed E-state index contributed by atoms with van der Waals surface area (Å²) in [6.45, 7) is 6.32. The van der Waals surface area contributed by atoms with Gasteiger partial charge in [-0.15, -0.1) is 0 Å². The molecule has 0 aliphatic carbocycles. The maximum Gasteiger partial charge on any atom is 0.332 e. The summed E-state index contributed by atoms with van der Waals surface area (Å²) in [5, 5.41) is 3.70. The van der Waals surface area contributed by atoms with E-state index in [-0.39, 0.29) is 0 Å². The van der Waals surface area contributed by atoms with Crippen LogP contribution in [0.4, 0.5) is 4.79 Å². The van der Waals surface area contributed by atoms with Crippen molar-refractivity contribution in [1.29, 1.82) is 0 Å². The molecule has 0 radical (unpaired) electrons. The molecule has 120 valence electrons. The second kappa shape index (κ2) is 8.38. The maximum atomic E-state index is 10.5. The number of piperidine rings is 1. The molecule has 1 aliphatic heterocycles. The van der Waals surface area contributed by atoms with Crippen molar-refractivity contribution in [3.8, 4) is 5.75 Å². The highest BCUT2D eigenvalue weighted by Gasteiger charge is 2.15. The van der Waals surface area contributed by atoms with Gasteiger partial charge in [-0.05, 0) is 55.1 Å². The standard InChI is InChI=1S/C16H24N4O2/c1-13-3-2-8-20(12-13)9-10-22-15-6-4-14(5-7-15)11-18-19-16(17)21/h4-7,11,13H,2-3,8-10,12H2,1H3,(H3,17,19,21). The van der Waals surface area contributed by atoms with Crippen LogP contribution in [0.5, 0.6) is 5.75 Å². The van der Waals surface area contributed by atoms with Crippen molar-refractivity contribution in [2.24, 2.45) is 16.8 Å². The highest BCUT2D eigenvalue weighted by Crippen LogP contribution is 2.15. The monoisotopic (exact) mass is 304 g/mol. The number of nitrogens with zero attached hydrogens (tertiary/aromatic N) is 2. The van der Waals surface area contributed by atoms with Crippen LogP contribution in [0.25, 0.3) is 0 Å². The summed E-state index contributed by atoms with van der Waals surface area (Å²) in [4.78, 5) is 12.9. The molecule has 0 bridgehead atoms. The van der Waals surface area contributed by atoms with E-state index in [4.69, 9.17) is 10.5 Å². The molecule has 1 aliphatic rings. The number of benzene rings is 1. The molecule has 2 amide bonds. The van der Waals surface area contributed by atoms with Crippen molar-refractivity contribution < 1.29 is 9.53 Å². The van der Waals surface area contributed by atoms with E-state index in [0.717, 1.165) is 23.8 Å². The van der Waals surface area contributed by atoms with Crippen molar-refractivity contribution in [2.75, 3.05) is 26.2 Å². The lowest BCUT2D eigenvalue weighted by molar-refractivity contribution is 0.153. The molecule has 0 spiro atoms. The fourth-order valence-electron chi connectivity index (χ4n) is 2.60. The molecule has 6 heteroatoms. The van der Waals surface area contributed by atoms with Crippen LogP contribution in [0.3, 0.4) is 0 Å². The van der Waals surface area contributed by atoms with Gasteiger partial charge < -0.3 is 10.5 Å². The van der Waals surface area contributed by atoms with Gasteiger partial charge in [0, 0.05) is 13.1 Å². The van der Waals surface area contributed by atoms with Crippen LogP contribution in [0.1, 0.15) is 25.3 Å². The lowest BCUT2D eigenvalue weighted by atomic mass is 10.0. The Balaban J connectivity index is 1.72. The van der Waals surface area contributed by atoms with Gasteiger partial charge in [0.15, 0.2) is 0 Å². The highest BCUT2D eigenvalue weighted by atomic mass is 16.5. The summed E-state index contributed by atoms with van der Waals surface area (Å²) in [6.07, 6.45) is 4.16. The van der Waals surface area contributed by atoms with Gasteiger partial charge >= 0.3 is 6.03 Å². The first-order valence-electron chi connectivity index (χ1n) is 7.67. The van der Waals surface area contributed by atoms with Crippen molar-refractivity contribution in [1.82, 2.24) is 10.3 Å². The van der Waals surface area contributed by atoms with Gasteiger partial charge in [-0.3, -0.25) is 4.90 Å². The number of carbonyl (C=O) groups excluding carboxylic acids is 1. The zero-order valence-corrected chi connectivity index (χ0v) is 13.0. The number of amides is 2. The Hall–Kier alpha value is -2.08. The largest absolute Gasteiger partial charge is 0.492 e. The molecule has 1 heterocycles. The molecule has 0 saturated carbocycles. The molecule has 1 fully saturated rings. The van der Waals surface area contributed by atoms with Gasteiger partial charge in [0.25, 0.3) is 0 Å². The smallest absolute Gasteiger partial charge is 0.332 e. The van der Waals surface area contributed by atoms with E-state index < -0.39 is 6.03 Å². The van der Waals surface area contributed by atoms with E-state index in [9.17, 15) is 4.79 Å². The first-order valence-corrected chi connectivity index (χ1v) is 7.67. The van der Waals surface area contributed by atoms with Crippen molar-refractivity contribution in [2.45, 2.75) is 19.8 Å². The Kier molecular flexibility index (Phi) is 6.21. The molecule has 1 atom stereocenters. The summed E-state index contributed by atoms with van der Waals surface area (Å²) < 4.78 is 5.77. The average molecular weight is 304 g/mol. The summed E-state index contributed by atoms with van der Waals surface area (Å²) in [5.41, 5.74) is 7.94. The second-order valence-corrected chi connectivity index (χ2v) is 5.70. The number of primary amides is 1. The highest BCUT2D eigenvalue weighted by molar-refractivity contribution is 5.81. The Labute approximate surface area is 131 Å². The van der Waals surface area contributed by atoms with Gasteiger partial charge in [0.1, 0.15) is 12.4 Å². The Morgan fingerprint density at radius 3 is 2.95 bits per heavy atom. The van der Waals surface area contributed by atoms with E-state index in [0.29, 0.717) is 6.61 Å². The predicted octanol–water partition coefficient (Wildman–Crippen LogP) is 1.80. The predicted molar refractivity (Wildman–Crippen MR) is 87.1 cm³/mol. The third kappa shape index (κ3) is 5.73. The minimum atomic E-state index is -0.678. The number of ether oxygens (including phenoxy) is 1. The minimum absolute atomic E-state index is 0.678. The van der Waals surface area contributed by atoms with E-state index in [1.165, 1.54) is 32.1 Å². The van der Waals surface area contributed by atoms with Crippen molar-refractivity contribution in [3.05, 3.63) is 29.8 Å². The van der Waals surface area contributed by atoms with Gasteiger partial charge in [0.2, 0.25) is 0 Å². The zero-order valence-electron chi connectivity index (χ0n) is 13.0. The van der Waals surface area contributed by atoms with Crippen LogP contribution >= 0.6 is 0 Å². The number of carbonyl (C=O) groups is 1. The van der Waals surface area contributed by atoms with E-state index in [2.05, 4.69) is 22.4 Å². The van der Waals surface area contributed by atoms with Gasteiger partial charge in [-0.1, -0.05) is 6.92 Å². The molecule has 3 N–H and O–H groups in total. The number of rotatable bonds is 6. The molecule has 6 nitrogen and oxygen atoms in total. The van der Waals surface area contributed by atoms with Gasteiger partial charge in [0.05, 0.1) is 6.21 Å². The number of hydrogen-bond donors (Lipinski definition) is 2. The fraction of sp³-hybridized carbons (Fsp3) is 0.500. The molecular formula is C16H24N4O2. The van der Waals surface area contributed by atoms with Crippen LogP contribution in [-0.4, -0.2) is 43.4 Å². The SMILES string of the molecule is CC1CCCN(CCOc2ccc(C=NNC(N)=O)cc2)C1. The van der Waals surface area contributed by atoms with Crippen molar-refractivity contribution in [3.63, 3.8) is 0 Å². The maximum absolute atomic E-state index is 10.5. The molecule has 1 aromatic rings. The first kappa shape index (κ1) is 16.3. The van der Waals surface area contributed by atoms with E-state index in [1.807, 2.05) is 24.3 Å². The number of nitrogens with one attached hydrogen (secondary N) is 1. The number of urea groups is 1. The third-order valence-corrected chi connectivity index (χ3v) is 3.69. The molecule has 22 heavy (non-hydrogen) atoms. The van der Waals surface area contributed by atoms with Gasteiger partial charge in [-0.25, -0.2) is 10.2 Å². The number of nitrogens with two attached hydrogens (primary N) is 1. The van der Waals surface area contributed by atoms with E-state index in [1.54, 1.807) is 0 Å². The Bertz CT molecular complexity index is 501. The second-order valence-electron chi connectivity index (χ2n) is 5.70. The lowest BCUT2D eigenvalue weighted by Crippen LogP contribution is -2.37. The van der Waals surface area contributed by atoms with Crippen LogP contribution in [0.15, 0.2) is 29.4 Å². The van der Waals surface area contributed by atoms with Crippen LogP contribution in [-0.2, 0) is 0 Å². The zero-order chi connectivity index (χ0) is 15.8. The number of likely N-dealkylation sites (tertiary alicyclic amines) is 1. The first-order chi connectivity index (χ1) is 10.6. The topological polar surface area (TPSA) is 79.9 Å². The Morgan fingerprint density at radius 2 is 2.27 bits per heavy atom. The summed E-state index contributed by atoms with van der Waals surface area (Å²) >= 11 is 0. The quantitative estimate of drug-likeness (QED) is 0.621. The molecular weight excluding hydrogens is 280 g/mol. The molecule has 1 unspecified atom stereocenters. The summed E-state index contributed by atoms with van der Waals surface area (Å²) in [5.74, 6) is 1.63. The molecule has 1 saturated heterocycles. The van der Waals surface area contributed by atoms with Crippen LogP contribution in [0.2, 0.25) is 0 Å². The molecule has 2 rings (SSSR count). The number of hydrogen-bond acceptors (Lipinski definition) is 4. The normalized spacial score (nSPS) is 19.2. The minimum Gasteiger partial charge on any atom is -0.492 e. The summed E-state index contributed by atoms with van der Waals surface area (Å²) in [6, 6.07) is 6.87. The third-order valence-electron chi connectivity index (χ3n) is 3.69. The van der Waals surface area contributed by atoms with Crippen LogP contribution in [0, 0.1) is 5.92 Å². The molecule has 0 aromatic heterocycles. The number of hydrazone groups is 1. The van der Waals surface area contributed by atoms with Gasteiger partial charge in [-0.2, -0.15) is 5.10 Å². The van der Waals surface area contributed by atoms with Crippen LogP contribution < -0.4 is 15.9 Å². The fourth-order valence-corrected chi connectivity index (χ4v) is 2.60. The molecule has 1 aromatic carbocycles. The average Bonchev–Trinajstić information content (AvgIpc) is 2.49.